The fourth-order valence-corrected chi connectivity index (χ4v) is 7.70. The van der Waals surface area contributed by atoms with Crippen molar-refractivity contribution < 1.29 is 46.7 Å². The summed E-state index contributed by atoms with van der Waals surface area (Å²) in [5.41, 5.74) is 0.288. The summed E-state index contributed by atoms with van der Waals surface area (Å²) in [6.45, 7) is 11.5. The van der Waals surface area contributed by atoms with Crippen molar-refractivity contribution in [2.75, 3.05) is 112 Å². The highest BCUT2D eigenvalue weighted by Gasteiger charge is 2.37. The number of anilines is 4. The lowest BCUT2D eigenvalue weighted by Gasteiger charge is -2.32. The number of aromatic nitrogens is 10. The number of nitrogens with zero attached hydrogens (tertiary/aromatic N) is 14. The molecule has 4 aliphatic heterocycles. The van der Waals surface area contributed by atoms with Crippen LogP contribution in [0.4, 0.5) is 41.4 Å². The summed E-state index contributed by atoms with van der Waals surface area (Å²) in [6.07, 6.45) is -5.76. The predicted molar refractivity (Wildman–Crippen MR) is 219 cm³/mol. The number of alkyl halides is 4. The van der Waals surface area contributed by atoms with Gasteiger partial charge in [-0.05, 0) is 38.1 Å². The number of ether oxygens (including phenoxy) is 4. The number of phenols is 2. The molecule has 334 valence electrons. The largest absolute Gasteiger partial charge is 0.508 e. The summed E-state index contributed by atoms with van der Waals surface area (Å²) in [4.78, 5) is 43.1. The van der Waals surface area contributed by atoms with Gasteiger partial charge in [-0.1, -0.05) is 6.07 Å². The first-order valence-corrected chi connectivity index (χ1v) is 20.4. The van der Waals surface area contributed by atoms with Gasteiger partial charge in [0.25, 0.3) is 12.9 Å². The molecule has 0 spiro atoms. The molecular weight excluding hydrogens is 837 g/mol. The van der Waals surface area contributed by atoms with Crippen molar-refractivity contribution in [3.05, 3.63) is 48.0 Å². The van der Waals surface area contributed by atoms with E-state index in [4.69, 9.17) is 18.9 Å². The summed E-state index contributed by atoms with van der Waals surface area (Å²) in [5, 5.41) is 19.9. The standard InChI is InChI=1S/C20H23F2N7O3.C19H21F2N7O3/c1-20(2)28(7-10-32-20)18-24-17(27-5-8-31-9-6-27)25-19(26-18)29-14-4-3-12(30)11-13(14)23-16(29)15(21)22;20-15(21)16-22-14-12(2-1-3-13(14)29)28(16)19-24-17(26-4-8-30-9-5-26)23-18(25-19)27-6-10-31-11-7-27/h3-4,11,15,30H,5-10H2,1-2H3;1-3,15,29H,4-11H2. The van der Waals surface area contributed by atoms with E-state index in [1.165, 1.54) is 33.4 Å². The molecule has 0 amide bonds. The van der Waals surface area contributed by atoms with Crippen LogP contribution in [0, 0.1) is 0 Å². The van der Waals surface area contributed by atoms with E-state index in [0.29, 0.717) is 127 Å². The SMILES string of the molecule is CC1(C)OCCN1c1nc(N2CCOCC2)nc(-n2c(C(F)F)nc3cc(O)ccc32)n1.Oc1cccc2c1nc(C(F)F)n2-c1nc(N2CCOCC2)nc(N2CCOCC2)n1. The van der Waals surface area contributed by atoms with Crippen molar-refractivity contribution in [2.24, 2.45) is 0 Å². The number of hydrogen-bond acceptors (Lipinski definition) is 18. The van der Waals surface area contributed by atoms with Crippen LogP contribution in [0.5, 0.6) is 11.5 Å². The average Bonchev–Trinajstić information content (AvgIpc) is 4.00. The number of imidazole rings is 2. The maximum absolute atomic E-state index is 14.0. The Morgan fingerprint density at radius 3 is 1.52 bits per heavy atom. The summed E-state index contributed by atoms with van der Waals surface area (Å²) in [6, 6.07) is 8.84. The second-order valence-electron chi connectivity index (χ2n) is 15.2. The Morgan fingerprint density at radius 2 is 1.02 bits per heavy atom. The molecule has 0 atom stereocenters. The number of fused-ring (bicyclic) bond motifs is 2. The molecular formula is C39H44F4N14O6. The zero-order valence-corrected chi connectivity index (χ0v) is 34.3. The molecule has 0 saturated carbocycles. The quantitative estimate of drug-likeness (QED) is 0.209. The molecule has 4 fully saturated rings. The van der Waals surface area contributed by atoms with Gasteiger partial charge in [0.15, 0.2) is 11.6 Å². The monoisotopic (exact) mass is 880 g/mol. The van der Waals surface area contributed by atoms with Crippen molar-refractivity contribution in [2.45, 2.75) is 32.4 Å². The van der Waals surface area contributed by atoms with Crippen molar-refractivity contribution in [3.8, 4) is 23.4 Å². The first-order valence-electron chi connectivity index (χ1n) is 20.4. The minimum Gasteiger partial charge on any atom is -0.508 e. The fraction of sp³-hybridized carbons (Fsp3) is 0.487. The van der Waals surface area contributed by atoms with Gasteiger partial charge in [0, 0.05) is 51.9 Å². The highest BCUT2D eigenvalue weighted by molar-refractivity contribution is 5.83. The van der Waals surface area contributed by atoms with E-state index >= 15 is 0 Å². The van der Waals surface area contributed by atoms with Gasteiger partial charge in [0.2, 0.25) is 35.7 Å². The normalized spacial score (nSPS) is 18.2. The zero-order valence-electron chi connectivity index (χ0n) is 34.3. The molecule has 20 nitrogen and oxygen atoms in total. The molecule has 24 heteroatoms. The molecule has 0 bridgehead atoms. The van der Waals surface area contributed by atoms with E-state index in [1.807, 2.05) is 33.4 Å². The molecule has 4 saturated heterocycles. The number of hydrogen-bond donors (Lipinski definition) is 2. The Morgan fingerprint density at radius 1 is 0.540 bits per heavy atom. The first kappa shape index (κ1) is 42.1. The molecule has 4 aliphatic rings. The van der Waals surface area contributed by atoms with Crippen LogP contribution in [-0.4, -0.2) is 157 Å². The Labute approximate surface area is 356 Å². The zero-order chi connectivity index (χ0) is 43.8. The van der Waals surface area contributed by atoms with Crippen LogP contribution >= 0.6 is 0 Å². The number of benzene rings is 2. The molecule has 4 aromatic heterocycles. The van der Waals surface area contributed by atoms with Crippen LogP contribution in [0.15, 0.2) is 36.4 Å². The van der Waals surface area contributed by atoms with Crippen molar-refractivity contribution in [3.63, 3.8) is 0 Å². The molecule has 0 radical (unpaired) electrons. The molecule has 0 unspecified atom stereocenters. The third-order valence-electron chi connectivity index (χ3n) is 10.9. The van der Waals surface area contributed by atoms with Gasteiger partial charge in [-0.2, -0.15) is 29.9 Å². The molecule has 63 heavy (non-hydrogen) atoms. The second-order valence-corrected chi connectivity index (χ2v) is 15.2. The lowest BCUT2D eigenvalue weighted by Crippen LogP contribution is -2.42. The summed E-state index contributed by atoms with van der Waals surface area (Å²) >= 11 is 0. The number of aromatic hydroxyl groups is 2. The van der Waals surface area contributed by atoms with Crippen LogP contribution in [-0.2, 0) is 18.9 Å². The van der Waals surface area contributed by atoms with Crippen molar-refractivity contribution in [1.82, 2.24) is 49.0 Å². The van der Waals surface area contributed by atoms with E-state index in [0.717, 1.165) is 0 Å². The summed E-state index contributed by atoms with van der Waals surface area (Å²) < 4.78 is 80.2. The maximum atomic E-state index is 14.0. The van der Waals surface area contributed by atoms with Crippen molar-refractivity contribution >= 4 is 45.9 Å². The number of phenolic OH excluding ortho intramolecular Hbond substituents is 2. The van der Waals surface area contributed by atoms with Crippen molar-refractivity contribution in [1.29, 1.82) is 0 Å². The molecule has 0 aliphatic carbocycles. The molecule has 2 aromatic carbocycles. The third-order valence-corrected chi connectivity index (χ3v) is 10.9. The molecule has 8 heterocycles. The minimum atomic E-state index is -2.89. The average molecular weight is 881 g/mol. The van der Waals surface area contributed by atoms with Crippen LogP contribution < -0.4 is 19.6 Å². The summed E-state index contributed by atoms with van der Waals surface area (Å²) in [7, 11) is 0. The first-order chi connectivity index (χ1) is 30.4. The van der Waals surface area contributed by atoms with E-state index in [1.54, 1.807) is 12.1 Å². The predicted octanol–water partition coefficient (Wildman–Crippen LogP) is 3.79. The summed E-state index contributed by atoms with van der Waals surface area (Å²) in [5.74, 6) is 0.240. The Kier molecular flexibility index (Phi) is 11.7. The third kappa shape index (κ3) is 8.49. The van der Waals surface area contributed by atoms with Gasteiger partial charge >= 0.3 is 0 Å². The molecule has 10 rings (SSSR count). The number of morpholine rings is 3. The topological polar surface area (TPSA) is 203 Å². The number of halogens is 4. The van der Waals surface area contributed by atoms with Gasteiger partial charge in [-0.25, -0.2) is 27.5 Å². The smallest absolute Gasteiger partial charge is 0.296 e. The highest BCUT2D eigenvalue weighted by atomic mass is 19.3. The van der Waals surface area contributed by atoms with E-state index < -0.39 is 30.2 Å². The fourth-order valence-electron chi connectivity index (χ4n) is 7.70. The minimum absolute atomic E-state index is 0.0291. The van der Waals surface area contributed by atoms with Gasteiger partial charge in [0.1, 0.15) is 22.7 Å². The molecule has 2 N–H and O–H groups in total. The Balaban J connectivity index is 0.000000160. The highest BCUT2D eigenvalue weighted by Crippen LogP contribution is 2.34. The second kappa shape index (κ2) is 17.5. The van der Waals surface area contributed by atoms with Crippen LogP contribution in [0.1, 0.15) is 38.3 Å². The van der Waals surface area contributed by atoms with E-state index in [-0.39, 0.29) is 34.4 Å². The van der Waals surface area contributed by atoms with Crippen LogP contribution in [0.25, 0.3) is 34.0 Å². The van der Waals surface area contributed by atoms with Gasteiger partial charge in [0.05, 0.1) is 62.8 Å². The van der Waals surface area contributed by atoms with Crippen LogP contribution in [0.3, 0.4) is 0 Å². The maximum Gasteiger partial charge on any atom is 0.296 e. The van der Waals surface area contributed by atoms with Crippen LogP contribution in [0.2, 0.25) is 0 Å². The lowest BCUT2D eigenvalue weighted by atomic mass is 10.3. The van der Waals surface area contributed by atoms with Gasteiger partial charge in [-0.3, -0.25) is 9.13 Å². The Hall–Kier alpha value is -6.24. The molecule has 6 aromatic rings. The number of para-hydroxylation sites is 1. The number of rotatable bonds is 8. The Bertz CT molecular complexity index is 2540. The lowest BCUT2D eigenvalue weighted by molar-refractivity contribution is 0.0376. The van der Waals surface area contributed by atoms with E-state index in [2.05, 4.69) is 39.9 Å². The van der Waals surface area contributed by atoms with Gasteiger partial charge < -0.3 is 48.8 Å². The van der Waals surface area contributed by atoms with E-state index in [9.17, 15) is 27.8 Å². The van der Waals surface area contributed by atoms with Gasteiger partial charge in [-0.15, -0.1) is 0 Å².